The van der Waals surface area contributed by atoms with Gasteiger partial charge in [-0.15, -0.1) is 11.3 Å². The van der Waals surface area contributed by atoms with Gasteiger partial charge in [0.05, 0.1) is 10.5 Å². The predicted octanol–water partition coefficient (Wildman–Crippen LogP) is 5.56. The van der Waals surface area contributed by atoms with Crippen LogP contribution in [0.4, 0.5) is 13.2 Å². The monoisotopic (exact) mass is 506 g/mol. The van der Waals surface area contributed by atoms with Gasteiger partial charge in [-0.3, -0.25) is 4.79 Å². The first-order valence-electron chi connectivity index (χ1n) is 10.4. The van der Waals surface area contributed by atoms with E-state index >= 15 is 0 Å². The number of hydrogen-bond donors (Lipinski definition) is 1. The fourth-order valence-corrected chi connectivity index (χ4v) is 6.11. The number of hydrogen-bond acceptors (Lipinski definition) is 4. The molecule has 0 atom stereocenters. The minimum Gasteiger partial charge on any atom is -0.322 e. The molecule has 10 heteroatoms. The molecule has 2 aromatic heterocycles. The zero-order valence-electron chi connectivity index (χ0n) is 18.1. The molecule has 0 aliphatic heterocycles. The fraction of sp³-hybridized carbons (Fsp3) is 0.208. The quantitative estimate of drug-likeness (QED) is 0.357. The van der Waals surface area contributed by atoms with E-state index in [-0.39, 0.29) is 18.7 Å². The molecule has 0 spiro atoms. The Morgan fingerprint density at radius 3 is 2.44 bits per heavy atom. The Hall–Kier alpha value is -2.95. The Kier molecular flexibility index (Phi) is 6.66. The fourth-order valence-electron chi connectivity index (χ4n) is 3.70. The number of thiophene rings is 1. The molecule has 0 saturated carbocycles. The zero-order chi connectivity index (χ0) is 24.5. The van der Waals surface area contributed by atoms with E-state index in [2.05, 4.69) is 4.98 Å². The van der Waals surface area contributed by atoms with Crippen LogP contribution in [-0.4, -0.2) is 17.7 Å². The Bertz CT molecular complexity index is 1480. The summed E-state index contributed by atoms with van der Waals surface area (Å²) < 4.78 is 68.8. The maximum absolute atomic E-state index is 13.6. The molecule has 0 amide bonds. The summed E-state index contributed by atoms with van der Waals surface area (Å²) in [4.78, 5) is 15.3. The molecule has 0 bridgehead atoms. The van der Waals surface area contributed by atoms with Crippen molar-refractivity contribution in [1.82, 2.24) is 9.29 Å². The van der Waals surface area contributed by atoms with Crippen LogP contribution in [0.25, 0.3) is 10.9 Å². The van der Waals surface area contributed by atoms with Crippen LogP contribution >= 0.6 is 11.3 Å². The maximum Gasteiger partial charge on any atom is 0.417 e. The lowest BCUT2D eigenvalue weighted by molar-refractivity contribution is -0.139. The normalized spacial score (nSPS) is 12.5. The van der Waals surface area contributed by atoms with Gasteiger partial charge in [0.2, 0.25) is 10.0 Å². The van der Waals surface area contributed by atoms with Gasteiger partial charge in [-0.05, 0) is 59.1 Å². The van der Waals surface area contributed by atoms with Crippen molar-refractivity contribution in [2.45, 2.75) is 37.5 Å². The third-order valence-electron chi connectivity index (χ3n) is 5.46. The SMILES string of the molecule is CCc1ccc2[nH]c(=O)c(CN(Cc3cccs3)S(=O)(=O)c3ccccc3C(F)(F)F)cc2c1. The average molecular weight is 507 g/mol. The van der Waals surface area contributed by atoms with Gasteiger partial charge in [-0.2, -0.15) is 17.5 Å². The van der Waals surface area contributed by atoms with Crippen molar-refractivity contribution in [1.29, 1.82) is 0 Å². The largest absolute Gasteiger partial charge is 0.417 e. The van der Waals surface area contributed by atoms with Gasteiger partial charge in [0, 0.05) is 29.0 Å². The number of aromatic amines is 1. The van der Waals surface area contributed by atoms with Crippen molar-refractivity contribution in [3.05, 3.63) is 98.0 Å². The second kappa shape index (κ2) is 9.36. The molecule has 2 heterocycles. The van der Waals surface area contributed by atoms with Crippen LogP contribution in [0.15, 0.2) is 75.7 Å². The summed E-state index contributed by atoms with van der Waals surface area (Å²) in [6, 6.07) is 14.7. The van der Waals surface area contributed by atoms with E-state index in [1.807, 2.05) is 19.1 Å². The first-order chi connectivity index (χ1) is 16.1. The number of benzene rings is 2. The number of nitrogens with one attached hydrogen (secondary N) is 1. The minimum atomic E-state index is -4.85. The summed E-state index contributed by atoms with van der Waals surface area (Å²) >= 11 is 1.28. The molecule has 0 fully saturated rings. The number of sulfonamides is 1. The topological polar surface area (TPSA) is 70.2 Å². The molecule has 0 aliphatic carbocycles. The molecule has 4 rings (SSSR count). The standard InChI is InChI=1S/C24H21F3N2O3S2/c1-2-16-9-10-21-17(12-16)13-18(23(30)28-21)14-29(15-19-6-5-11-33-19)34(31,32)22-8-4-3-7-20(22)24(25,26)27/h3-13H,2,14-15H2,1H3,(H,28,30). The second-order valence-corrected chi connectivity index (χ2v) is 10.7. The van der Waals surface area contributed by atoms with Crippen LogP contribution in [0.1, 0.15) is 28.5 Å². The van der Waals surface area contributed by atoms with Crippen LogP contribution in [0.2, 0.25) is 0 Å². The molecule has 2 aromatic carbocycles. The molecular weight excluding hydrogens is 485 g/mol. The van der Waals surface area contributed by atoms with Crippen LogP contribution in [0, 0.1) is 0 Å². The Morgan fingerprint density at radius 1 is 1.00 bits per heavy atom. The minimum absolute atomic E-state index is 0.144. The van der Waals surface area contributed by atoms with E-state index in [0.29, 0.717) is 10.4 Å². The van der Waals surface area contributed by atoms with Crippen molar-refractivity contribution >= 4 is 32.3 Å². The van der Waals surface area contributed by atoms with Gasteiger partial charge in [-0.25, -0.2) is 8.42 Å². The Balaban J connectivity index is 1.82. The highest BCUT2D eigenvalue weighted by atomic mass is 32.2. The number of H-pyrrole nitrogens is 1. The van der Waals surface area contributed by atoms with Crippen LogP contribution in [0.5, 0.6) is 0 Å². The molecular formula is C24H21F3N2O3S2. The molecule has 5 nitrogen and oxygen atoms in total. The lowest BCUT2D eigenvalue weighted by Gasteiger charge is -2.23. The number of nitrogens with zero attached hydrogens (tertiary/aromatic N) is 1. The van der Waals surface area contributed by atoms with E-state index in [0.717, 1.165) is 39.9 Å². The summed E-state index contributed by atoms with van der Waals surface area (Å²) in [5.41, 5.74) is 0.0393. The number of rotatable bonds is 7. The maximum atomic E-state index is 13.6. The smallest absolute Gasteiger partial charge is 0.322 e. The summed E-state index contributed by atoms with van der Waals surface area (Å²) in [6.45, 7) is 1.44. The highest BCUT2D eigenvalue weighted by Gasteiger charge is 2.39. The number of halogens is 3. The number of alkyl halides is 3. The highest BCUT2D eigenvalue weighted by Crippen LogP contribution is 2.36. The van der Waals surface area contributed by atoms with Gasteiger partial charge in [0.25, 0.3) is 5.56 Å². The molecule has 4 aromatic rings. The molecule has 34 heavy (non-hydrogen) atoms. The predicted molar refractivity (Wildman–Crippen MR) is 126 cm³/mol. The Labute approximate surface area is 198 Å². The van der Waals surface area contributed by atoms with Crippen molar-refractivity contribution in [2.75, 3.05) is 0 Å². The van der Waals surface area contributed by atoms with Crippen molar-refractivity contribution in [2.24, 2.45) is 0 Å². The van der Waals surface area contributed by atoms with Gasteiger partial charge in [0.15, 0.2) is 0 Å². The number of pyridine rings is 1. The van der Waals surface area contributed by atoms with Crippen molar-refractivity contribution in [3.8, 4) is 0 Å². The molecule has 0 unspecified atom stereocenters. The summed E-state index contributed by atoms with van der Waals surface area (Å²) in [7, 11) is -4.60. The molecule has 0 saturated heterocycles. The summed E-state index contributed by atoms with van der Waals surface area (Å²) in [5.74, 6) is 0. The number of fused-ring (bicyclic) bond motifs is 1. The average Bonchev–Trinajstić information content (AvgIpc) is 3.31. The zero-order valence-corrected chi connectivity index (χ0v) is 19.7. The van der Waals surface area contributed by atoms with Crippen LogP contribution < -0.4 is 5.56 Å². The Morgan fingerprint density at radius 2 is 1.76 bits per heavy atom. The van der Waals surface area contributed by atoms with Gasteiger partial charge < -0.3 is 4.98 Å². The van der Waals surface area contributed by atoms with Crippen LogP contribution in [-0.2, 0) is 35.7 Å². The molecule has 178 valence electrons. The van der Waals surface area contributed by atoms with Gasteiger partial charge in [0.1, 0.15) is 0 Å². The van der Waals surface area contributed by atoms with E-state index in [1.165, 1.54) is 17.4 Å². The van der Waals surface area contributed by atoms with E-state index < -0.39 is 32.2 Å². The molecule has 1 N–H and O–H groups in total. The van der Waals surface area contributed by atoms with E-state index in [9.17, 15) is 26.4 Å². The van der Waals surface area contributed by atoms with Gasteiger partial charge in [-0.1, -0.05) is 31.2 Å². The van der Waals surface area contributed by atoms with E-state index in [1.54, 1.807) is 29.6 Å². The lowest BCUT2D eigenvalue weighted by Crippen LogP contribution is -2.33. The third-order valence-corrected chi connectivity index (χ3v) is 8.17. The van der Waals surface area contributed by atoms with E-state index in [4.69, 9.17) is 0 Å². The molecule has 0 radical (unpaired) electrons. The summed E-state index contributed by atoms with van der Waals surface area (Å²) in [5, 5.41) is 2.47. The number of aromatic nitrogens is 1. The second-order valence-electron chi connectivity index (χ2n) is 7.75. The number of aryl methyl sites for hydroxylation is 1. The molecule has 0 aliphatic rings. The van der Waals surface area contributed by atoms with Crippen LogP contribution in [0.3, 0.4) is 0 Å². The van der Waals surface area contributed by atoms with Crippen molar-refractivity contribution < 1.29 is 21.6 Å². The lowest BCUT2D eigenvalue weighted by atomic mass is 10.1. The first kappa shape index (κ1) is 24.2. The van der Waals surface area contributed by atoms with Gasteiger partial charge >= 0.3 is 6.18 Å². The summed E-state index contributed by atoms with van der Waals surface area (Å²) in [6.07, 6.45) is -4.08. The third kappa shape index (κ3) is 4.94. The first-order valence-corrected chi connectivity index (χ1v) is 12.7. The highest BCUT2D eigenvalue weighted by molar-refractivity contribution is 7.89. The van der Waals surface area contributed by atoms with Crippen molar-refractivity contribution in [3.63, 3.8) is 0 Å².